The van der Waals surface area contributed by atoms with Crippen molar-refractivity contribution in [1.82, 2.24) is 0 Å². The second-order valence-corrected chi connectivity index (χ2v) is 1.70. The normalized spacial score (nSPS) is 17.4. The van der Waals surface area contributed by atoms with Crippen molar-refractivity contribution in [2.75, 3.05) is 0 Å². The Morgan fingerprint density at radius 3 is 2.29 bits per heavy atom. The first-order chi connectivity index (χ1) is 3.12. The summed E-state index contributed by atoms with van der Waals surface area (Å²) < 4.78 is 12.3. The van der Waals surface area contributed by atoms with E-state index in [1.807, 2.05) is 5.92 Å². The van der Waals surface area contributed by atoms with Gasteiger partial charge in [0.2, 0.25) is 0 Å². The highest BCUT2D eigenvalue weighted by atomic mass is 19.1. The molecule has 0 fully saturated rings. The Labute approximate surface area is 43.7 Å². The predicted molar refractivity (Wildman–Crippen MR) is 28.6 cm³/mol. The van der Waals surface area contributed by atoms with Gasteiger partial charge in [0.15, 0.2) is 5.67 Å². The molecule has 1 heteroatoms. The number of halogens is 1. The highest BCUT2D eigenvalue weighted by Gasteiger charge is 2.14. The predicted octanol–water partition coefficient (Wildman–Crippen LogP) is 1.76. The summed E-state index contributed by atoms with van der Waals surface area (Å²) in [4.78, 5) is 0. The molecule has 0 aromatic rings. The second-order valence-electron chi connectivity index (χ2n) is 1.70. The van der Waals surface area contributed by atoms with E-state index in [-0.39, 0.29) is 0 Å². The molecule has 0 rings (SSSR count). The molecule has 0 aliphatic carbocycles. The van der Waals surface area contributed by atoms with Crippen LogP contribution >= 0.6 is 0 Å². The van der Waals surface area contributed by atoms with Gasteiger partial charge >= 0.3 is 0 Å². The van der Waals surface area contributed by atoms with Gasteiger partial charge in [-0.05, 0) is 13.3 Å². The Morgan fingerprint density at radius 1 is 1.86 bits per heavy atom. The van der Waals surface area contributed by atoms with Crippen LogP contribution in [-0.4, -0.2) is 5.67 Å². The third kappa shape index (κ3) is 2.22. The minimum atomic E-state index is -1.39. The van der Waals surface area contributed by atoms with Crippen molar-refractivity contribution in [3.63, 3.8) is 0 Å². The lowest BCUT2D eigenvalue weighted by Crippen LogP contribution is -2.11. The Hall–Kier alpha value is -0.510. The topological polar surface area (TPSA) is 0 Å². The molecule has 0 radical (unpaired) electrons. The fourth-order valence-electron chi connectivity index (χ4n) is 0.102. The van der Waals surface area contributed by atoms with Crippen LogP contribution in [0.1, 0.15) is 20.3 Å². The van der Waals surface area contributed by atoms with E-state index in [0.717, 1.165) is 0 Å². The summed E-state index contributed by atoms with van der Waals surface area (Å²) >= 11 is 0. The van der Waals surface area contributed by atoms with Crippen LogP contribution < -0.4 is 0 Å². The Bertz CT molecular complexity index is 86.8. The molecular formula is C6H9F. The van der Waals surface area contributed by atoms with Crippen molar-refractivity contribution < 1.29 is 4.39 Å². The van der Waals surface area contributed by atoms with Crippen molar-refractivity contribution in [3.8, 4) is 12.3 Å². The first-order valence-corrected chi connectivity index (χ1v) is 2.29. The van der Waals surface area contributed by atoms with Gasteiger partial charge in [-0.1, -0.05) is 12.8 Å². The van der Waals surface area contributed by atoms with Gasteiger partial charge in [0.25, 0.3) is 0 Å². The van der Waals surface area contributed by atoms with Crippen LogP contribution in [0.2, 0.25) is 0 Å². The molecule has 7 heavy (non-hydrogen) atoms. The molecule has 0 aliphatic heterocycles. The monoisotopic (exact) mass is 100 g/mol. The third-order valence-corrected chi connectivity index (χ3v) is 0.965. The lowest BCUT2D eigenvalue weighted by atomic mass is 10.1. The summed E-state index contributed by atoms with van der Waals surface area (Å²) in [5.41, 5.74) is -1.39. The number of hydrogen-bond acceptors (Lipinski definition) is 0. The average Bonchev–Trinajstić information content (AvgIpc) is 1.68. The summed E-state index contributed by atoms with van der Waals surface area (Å²) in [6.45, 7) is 3.12. The lowest BCUT2D eigenvalue weighted by molar-refractivity contribution is 0.263. The van der Waals surface area contributed by atoms with Crippen LogP contribution in [0.25, 0.3) is 0 Å². The second kappa shape index (κ2) is 1.97. The maximum absolute atomic E-state index is 12.3. The molecule has 0 saturated carbocycles. The first kappa shape index (κ1) is 6.49. The highest BCUT2D eigenvalue weighted by molar-refractivity contribution is 5.03. The van der Waals surface area contributed by atoms with E-state index in [2.05, 4.69) is 0 Å². The van der Waals surface area contributed by atoms with Crippen molar-refractivity contribution in [1.29, 1.82) is 0 Å². The molecule has 0 aliphatic rings. The number of alkyl halides is 1. The molecule has 0 saturated heterocycles. The molecule has 1 unspecified atom stereocenters. The maximum Gasteiger partial charge on any atom is 0.167 e. The summed E-state index contributed by atoms with van der Waals surface area (Å²) in [6.07, 6.45) is 5.18. The maximum atomic E-state index is 12.3. The summed E-state index contributed by atoms with van der Waals surface area (Å²) in [6, 6.07) is 0. The van der Waals surface area contributed by atoms with Crippen molar-refractivity contribution in [2.24, 2.45) is 0 Å². The quantitative estimate of drug-likeness (QED) is 0.440. The molecule has 0 N–H and O–H groups in total. The fourth-order valence-corrected chi connectivity index (χ4v) is 0.102. The SMILES string of the molecule is C#CC(C)(F)CC. The van der Waals surface area contributed by atoms with Crippen LogP contribution in [0.4, 0.5) is 4.39 Å². The molecule has 0 aromatic heterocycles. The largest absolute Gasteiger partial charge is 0.230 e. The van der Waals surface area contributed by atoms with Crippen LogP contribution in [0.5, 0.6) is 0 Å². The van der Waals surface area contributed by atoms with Crippen LogP contribution in [0.3, 0.4) is 0 Å². The van der Waals surface area contributed by atoms with Crippen LogP contribution in [-0.2, 0) is 0 Å². The summed E-state index contributed by atoms with van der Waals surface area (Å²) in [7, 11) is 0. The minimum Gasteiger partial charge on any atom is -0.230 e. The molecular weight excluding hydrogens is 91.1 g/mol. The Kier molecular flexibility index (Phi) is 1.83. The average molecular weight is 100 g/mol. The molecule has 0 aromatic carbocycles. The number of rotatable bonds is 1. The van der Waals surface area contributed by atoms with E-state index >= 15 is 0 Å². The number of terminal acetylenes is 1. The lowest BCUT2D eigenvalue weighted by Gasteiger charge is -2.06. The van der Waals surface area contributed by atoms with Gasteiger partial charge < -0.3 is 0 Å². The Balaban J connectivity index is 3.66. The fraction of sp³-hybridized carbons (Fsp3) is 0.667. The third-order valence-electron chi connectivity index (χ3n) is 0.965. The van der Waals surface area contributed by atoms with Gasteiger partial charge in [0.05, 0.1) is 0 Å². The Morgan fingerprint density at radius 2 is 2.29 bits per heavy atom. The molecule has 0 nitrogen and oxygen atoms in total. The molecule has 40 valence electrons. The van der Waals surface area contributed by atoms with Gasteiger partial charge in [-0.25, -0.2) is 4.39 Å². The molecule has 0 amide bonds. The van der Waals surface area contributed by atoms with E-state index in [9.17, 15) is 4.39 Å². The standard InChI is InChI=1S/C6H9F/c1-4-6(3,7)5-2/h1H,5H2,2-3H3. The minimum absolute atomic E-state index is 0.392. The van der Waals surface area contributed by atoms with Gasteiger partial charge in [0, 0.05) is 0 Å². The van der Waals surface area contributed by atoms with Gasteiger partial charge in [-0.15, -0.1) is 6.42 Å². The van der Waals surface area contributed by atoms with E-state index < -0.39 is 5.67 Å². The van der Waals surface area contributed by atoms with Crippen LogP contribution in [0.15, 0.2) is 0 Å². The molecule has 0 heterocycles. The smallest absolute Gasteiger partial charge is 0.167 e. The molecule has 0 bridgehead atoms. The molecule has 1 atom stereocenters. The number of hydrogen-bond donors (Lipinski definition) is 0. The summed E-state index contributed by atoms with van der Waals surface area (Å²) in [5.74, 6) is 2.02. The zero-order valence-corrected chi connectivity index (χ0v) is 4.66. The van der Waals surface area contributed by atoms with E-state index in [1.54, 1.807) is 6.92 Å². The molecule has 0 spiro atoms. The summed E-state index contributed by atoms with van der Waals surface area (Å²) in [5, 5.41) is 0. The van der Waals surface area contributed by atoms with E-state index in [1.165, 1.54) is 6.92 Å². The van der Waals surface area contributed by atoms with Crippen molar-refractivity contribution >= 4 is 0 Å². The van der Waals surface area contributed by atoms with Crippen molar-refractivity contribution in [3.05, 3.63) is 0 Å². The highest BCUT2D eigenvalue weighted by Crippen LogP contribution is 2.11. The van der Waals surface area contributed by atoms with E-state index in [0.29, 0.717) is 6.42 Å². The van der Waals surface area contributed by atoms with Gasteiger partial charge in [-0.3, -0.25) is 0 Å². The van der Waals surface area contributed by atoms with Crippen molar-refractivity contribution in [2.45, 2.75) is 25.9 Å². The first-order valence-electron chi connectivity index (χ1n) is 2.29. The zero-order valence-electron chi connectivity index (χ0n) is 4.66. The zero-order chi connectivity index (χ0) is 5.91. The van der Waals surface area contributed by atoms with E-state index in [4.69, 9.17) is 6.42 Å². The van der Waals surface area contributed by atoms with Crippen LogP contribution in [0, 0.1) is 12.3 Å². The van der Waals surface area contributed by atoms with Gasteiger partial charge in [-0.2, -0.15) is 0 Å². The van der Waals surface area contributed by atoms with Gasteiger partial charge in [0.1, 0.15) is 0 Å².